The minimum Gasteiger partial charge on any atom is -0.493 e. The van der Waals surface area contributed by atoms with Crippen LogP contribution in [-0.4, -0.2) is 38.0 Å². The van der Waals surface area contributed by atoms with E-state index in [0.29, 0.717) is 18.1 Å². The van der Waals surface area contributed by atoms with E-state index in [1.165, 1.54) is 0 Å². The second kappa shape index (κ2) is 8.03. The van der Waals surface area contributed by atoms with Gasteiger partial charge in [0.2, 0.25) is 0 Å². The highest BCUT2D eigenvalue weighted by Gasteiger charge is 2.31. The molecule has 1 N–H and O–H groups in total. The third-order valence-corrected chi connectivity index (χ3v) is 4.19. The molecule has 0 aromatic heterocycles. The summed E-state index contributed by atoms with van der Waals surface area (Å²) in [6.07, 6.45) is 4.14. The summed E-state index contributed by atoms with van der Waals surface area (Å²) >= 11 is 0. The molecule has 2 rings (SSSR count). The van der Waals surface area contributed by atoms with Crippen LogP contribution in [0.2, 0.25) is 0 Å². The predicted octanol–water partition coefficient (Wildman–Crippen LogP) is 2.91. The van der Waals surface area contributed by atoms with Gasteiger partial charge in [0.15, 0.2) is 11.5 Å². The smallest absolute Gasteiger partial charge is 0.309 e. The van der Waals surface area contributed by atoms with Crippen molar-refractivity contribution in [1.29, 1.82) is 0 Å². The van der Waals surface area contributed by atoms with Crippen molar-refractivity contribution in [2.24, 2.45) is 5.92 Å². The summed E-state index contributed by atoms with van der Waals surface area (Å²) in [4.78, 5) is 11.2. The lowest BCUT2D eigenvalue weighted by atomic mass is 9.86. The second-order valence-corrected chi connectivity index (χ2v) is 5.58. The number of methoxy groups -OCH3 is 2. The molecule has 122 valence electrons. The SMILES string of the molecule is COc1ccc(CCO[C@@H]2CCCCC2C(=O)O)cc1OC. The summed E-state index contributed by atoms with van der Waals surface area (Å²) in [5.74, 6) is 0.293. The van der Waals surface area contributed by atoms with Crippen LogP contribution in [0.25, 0.3) is 0 Å². The van der Waals surface area contributed by atoms with Crippen molar-refractivity contribution >= 4 is 5.97 Å². The quantitative estimate of drug-likeness (QED) is 0.839. The van der Waals surface area contributed by atoms with Gasteiger partial charge in [-0.3, -0.25) is 4.79 Å². The lowest BCUT2D eigenvalue weighted by molar-refractivity contribution is -0.149. The van der Waals surface area contributed by atoms with Crippen LogP contribution in [0.3, 0.4) is 0 Å². The minimum absolute atomic E-state index is 0.161. The van der Waals surface area contributed by atoms with Crippen LogP contribution in [0.1, 0.15) is 31.2 Å². The fraction of sp³-hybridized carbons (Fsp3) is 0.588. The molecule has 2 atom stereocenters. The van der Waals surface area contributed by atoms with Crippen LogP contribution < -0.4 is 9.47 Å². The number of hydrogen-bond donors (Lipinski definition) is 1. The van der Waals surface area contributed by atoms with Crippen molar-refractivity contribution in [3.05, 3.63) is 23.8 Å². The maximum atomic E-state index is 11.2. The number of carboxylic acid groups (broad SMARTS) is 1. The molecule has 0 bridgehead atoms. The summed E-state index contributed by atoms with van der Waals surface area (Å²) in [6.45, 7) is 0.518. The molecule has 1 aliphatic carbocycles. The maximum absolute atomic E-state index is 11.2. The lowest BCUT2D eigenvalue weighted by Gasteiger charge is -2.28. The van der Waals surface area contributed by atoms with E-state index in [1.807, 2.05) is 18.2 Å². The molecular formula is C17H24O5. The minimum atomic E-state index is -0.740. The Morgan fingerprint density at radius 1 is 1.18 bits per heavy atom. The van der Waals surface area contributed by atoms with E-state index in [-0.39, 0.29) is 12.0 Å². The first-order valence-corrected chi connectivity index (χ1v) is 7.71. The van der Waals surface area contributed by atoms with Crippen LogP contribution in [0.15, 0.2) is 18.2 Å². The van der Waals surface area contributed by atoms with E-state index in [2.05, 4.69) is 0 Å². The van der Waals surface area contributed by atoms with Gasteiger partial charge in [0.05, 0.1) is 32.8 Å². The average molecular weight is 308 g/mol. The fourth-order valence-corrected chi connectivity index (χ4v) is 2.94. The first-order chi connectivity index (χ1) is 10.7. The molecule has 22 heavy (non-hydrogen) atoms. The van der Waals surface area contributed by atoms with Gasteiger partial charge in [0.1, 0.15) is 0 Å². The third kappa shape index (κ3) is 4.13. The maximum Gasteiger partial charge on any atom is 0.309 e. The van der Waals surface area contributed by atoms with E-state index in [9.17, 15) is 9.90 Å². The number of hydrogen-bond acceptors (Lipinski definition) is 4. The van der Waals surface area contributed by atoms with Gasteiger partial charge >= 0.3 is 5.97 Å². The number of ether oxygens (including phenoxy) is 3. The molecule has 0 amide bonds. The highest BCUT2D eigenvalue weighted by atomic mass is 16.5. The van der Waals surface area contributed by atoms with Gasteiger partial charge in [-0.1, -0.05) is 18.9 Å². The van der Waals surface area contributed by atoms with Gasteiger partial charge in [-0.2, -0.15) is 0 Å². The van der Waals surface area contributed by atoms with Crippen molar-refractivity contribution in [2.75, 3.05) is 20.8 Å². The Morgan fingerprint density at radius 3 is 2.59 bits per heavy atom. The van der Waals surface area contributed by atoms with E-state index in [4.69, 9.17) is 14.2 Å². The first-order valence-electron chi connectivity index (χ1n) is 7.71. The van der Waals surface area contributed by atoms with Crippen molar-refractivity contribution in [3.63, 3.8) is 0 Å². The monoisotopic (exact) mass is 308 g/mol. The number of carbonyl (C=O) groups is 1. The first kappa shape index (κ1) is 16.6. The lowest BCUT2D eigenvalue weighted by Crippen LogP contribution is -2.34. The molecule has 0 saturated heterocycles. The molecule has 5 nitrogen and oxygen atoms in total. The Kier molecular flexibility index (Phi) is 6.07. The molecule has 1 unspecified atom stereocenters. The van der Waals surface area contributed by atoms with Crippen molar-refractivity contribution < 1.29 is 24.1 Å². The summed E-state index contributed by atoms with van der Waals surface area (Å²) in [7, 11) is 3.22. The van der Waals surface area contributed by atoms with E-state index in [0.717, 1.165) is 37.7 Å². The van der Waals surface area contributed by atoms with Gasteiger partial charge in [-0.15, -0.1) is 0 Å². The summed E-state index contributed by atoms with van der Waals surface area (Å²) < 4.78 is 16.3. The Hall–Kier alpha value is -1.75. The average Bonchev–Trinajstić information content (AvgIpc) is 2.55. The second-order valence-electron chi connectivity index (χ2n) is 5.58. The van der Waals surface area contributed by atoms with Gasteiger partial charge in [-0.25, -0.2) is 0 Å². The Bertz CT molecular complexity index is 500. The fourth-order valence-electron chi connectivity index (χ4n) is 2.94. The van der Waals surface area contributed by atoms with Gasteiger partial charge < -0.3 is 19.3 Å². The van der Waals surface area contributed by atoms with E-state index >= 15 is 0 Å². The number of rotatable bonds is 7. The summed E-state index contributed by atoms with van der Waals surface area (Å²) in [5.41, 5.74) is 1.08. The molecule has 1 aromatic carbocycles. The predicted molar refractivity (Wildman–Crippen MR) is 82.6 cm³/mol. The zero-order valence-electron chi connectivity index (χ0n) is 13.2. The zero-order valence-corrected chi connectivity index (χ0v) is 13.2. The molecule has 1 aliphatic rings. The molecular weight excluding hydrogens is 284 g/mol. The zero-order chi connectivity index (χ0) is 15.9. The molecule has 5 heteroatoms. The van der Waals surface area contributed by atoms with Gasteiger partial charge in [0, 0.05) is 0 Å². The van der Waals surface area contributed by atoms with Gasteiger partial charge in [-0.05, 0) is 37.0 Å². The van der Waals surface area contributed by atoms with Crippen LogP contribution in [0.5, 0.6) is 11.5 Å². The summed E-state index contributed by atoms with van der Waals surface area (Å²) in [5, 5.41) is 9.24. The normalized spacial score (nSPS) is 21.4. The van der Waals surface area contributed by atoms with Crippen LogP contribution in [0, 0.1) is 5.92 Å². The molecule has 0 spiro atoms. The Morgan fingerprint density at radius 2 is 1.91 bits per heavy atom. The topological polar surface area (TPSA) is 65.0 Å². The molecule has 1 aromatic rings. The Labute approximate surface area is 131 Å². The van der Waals surface area contributed by atoms with E-state index in [1.54, 1.807) is 14.2 Å². The van der Waals surface area contributed by atoms with Crippen molar-refractivity contribution in [1.82, 2.24) is 0 Å². The molecule has 1 saturated carbocycles. The van der Waals surface area contributed by atoms with Crippen molar-refractivity contribution in [2.45, 2.75) is 38.2 Å². The standard InChI is InChI=1S/C17H24O5/c1-20-15-8-7-12(11-16(15)21-2)9-10-22-14-6-4-3-5-13(14)17(18)19/h7-8,11,13-14H,3-6,9-10H2,1-2H3,(H,18,19)/t13?,14-/m1/s1. The van der Waals surface area contributed by atoms with Crippen LogP contribution in [-0.2, 0) is 16.0 Å². The number of aliphatic carboxylic acids is 1. The van der Waals surface area contributed by atoms with Crippen LogP contribution in [0.4, 0.5) is 0 Å². The molecule has 1 fully saturated rings. The summed E-state index contributed by atoms with van der Waals surface area (Å²) in [6, 6.07) is 5.77. The number of carboxylic acids is 1. The third-order valence-electron chi connectivity index (χ3n) is 4.19. The highest BCUT2D eigenvalue weighted by Crippen LogP contribution is 2.29. The molecule has 0 heterocycles. The van der Waals surface area contributed by atoms with Crippen molar-refractivity contribution in [3.8, 4) is 11.5 Å². The highest BCUT2D eigenvalue weighted by molar-refractivity contribution is 5.70. The number of benzene rings is 1. The molecule has 0 radical (unpaired) electrons. The Balaban J connectivity index is 1.89. The molecule has 0 aliphatic heterocycles. The largest absolute Gasteiger partial charge is 0.493 e. The van der Waals surface area contributed by atoms with Gasteiger partial charge in [0.25, 0.3) is 0 Å². The van der Waals surface area contributed by atoms with E-state index < -0.39 is 5.97 Å². The van der Waals surface area contributed by atoms with Crippen LogP contribution >= 0.6 is 0 Å².